The molecule has 4 nitrogen and oxygen atoms in total. The van der Waals surface area contributed by atoms with Crippen LogP contribution in [0.15, 0.2) is 146 Å². The predicted octanol–water partition coefficient (Wildman–Crippen LogP) is 16.9. The summed E-state index contributed by atoms with van der Waals surface area (Å²) >= 11 is 0. The number of allylic oxidation sites excluding steroid dienone is 23. The van der Waals surface area contributed by atoms with E-state index in [2.05, 4.69) is 153 Å². The van der Waals surface area contributed by atoms with Gasteiger partial charge in [-0.15, -0.1) is 0 Å². The van der Waals surface area contributed by atoms with Gasteiger partial charge in [-0.05, 0) is 109 Å². The Labute approximate surface area is 389 Å². The molecule has 0 spiro atoms. The van der Waals surface area contributed by atoms with Crippen molar-refractivity contribution in [3.8, 4) is 0 Å². The van der Waals surface area contributed by atoms with Crippen molar-refractivity contribution in [1.82, 2.24) is 5.32 Å². The van der Waals surface area contributed by atoms with E-state index >= 15 is 0 Å². The van der Waals surface area contributed by atoms with Crippen LogP contribution in [-0.4, -0.2) is 34.9 Å². The summed E-state index contributed by atoms with van der Waals surface area (Å²) < 4.78 is 0. The highest BCUT2D eigenvalue weighted by Gasteiger charge is 2.17. The largest absolute Gasteiger partial charge is 0.394 e. The van der Waals surface area contributed by atoms with E-state index < -0.39 is 12.1 Å². The van der Waals surface area contributed by atoms with Crippen LogP contribution in [-0.2, 0) is 4.79 Å². The van der Waals surface area contributed by atoms with Gasteiger partial charge in [0, 0.05) is 6.42 Å². The molecule has 0 saturated carbocycles. The average Bonchev–Trinajstić information content (AvgIpc) is 3.29. The molecule has 0 aliphatic carbocycles. The normalized spacial score (nSPS) is 14.2. The summed E-state index contributed by atoms with van der Waals surface area (Å²) in [4.78, 5) is 12.4. The second-order valence-electron chi connectivity index (χ2n) is 16.5. The Morgan fingerprint density at radius 2 is 0.714 bits per heavy atom. The molecular weight excluding hydrogens is 771 g/mol. The number of rotatable bonds is 44. The SMILES string of the molecule is CC/C=C\C/C=C\C/C=C\C/C=C\C/C=C\C/C=C\C/C=C\C/C=C\C/C=C\C/C=C\CCCCC(=O)NC(CO)C(O)/C=C/CC/C=C/CCCCCCCCCCCCCC. The first-order valence-corrected chi connectivity index (χ1v) is 25.5. The fraction of sp³-hybridized carbons (Fsp3) is 0.576. The Kier molecular flexibility index (Phi) is 49.5. The third-order valence-corrected chi connectivity index (χ3v) is 10.6. The van der Waals surface area contributed by atoms with Crippen molar-refractivity contribution >= 4 is 5.91 Å². The number of hydrogen-bond acceptors (Lipinski definition) is 3. The van der Waals surface area contributed by atoms with Crippen LogP contribution in [0.25, 0.3) is 0 Å². The second-order valence-corrected chi connectivity index (χ2v) is 16.5. The van der Waals surface area contributed by atoms with Crippen LogP contribution in [0.4, 0.5) is 0 Å². The Hall–Kier alpha value is -3.73. The molecule has 0 rings (SSSR count). The molecule has 0 fully saturated rings. The minimum Gasteiger partial charge on any atom is -0.394 e. The number of nitrogens with one attached hydrogen (secondary N) is 1. The third-order valence-electron chi connectivity index (χ3n) is 10.6. The molecule has 2 unspecified atom stereocenters. The number of carbonyl (C=O) groups excluding carboxylic acids is 1. The van der Waals surface area contributed by atoms with E-state index in [1.165, 1.54) is 77.0 Å². The quantitative estimate of drug-likeness (QED) is 0.0422. The fourth-order valence-electron chi connectivity index (χ4n) is 6.69. The van der Waals surface area contributed by atoms with Crippen LogP contribution in [0.2, 0.25) is 0 Å². The molecule has 3 N–H and O–H groups in total. The zero-order chi connectivity index (χ0) is 45.6. The molecule has 2 atom stereocenters. The minimum atomic E-state index is -0.892. The van der Waals surface area contributed by atoms with Gasteiger partial charge in [-0.25, -0.2) is 0 Å². The van der Waals surface area contributed by atoms with Crippen LogP contribution < -0.4 is 5.32 Å². The molecule has 0 heterocycles. The molecule has 354 valence electrons. The Bertz CT molecular complexity index is 1350. The van der Waals surface area contributed by atoms with E-state index in [0.29, 0.717) is 6.42 Å². The van der Waals surface area contributed by atoms with Gasteiger partial charge >= 0.3 is 0 Å². The van der Waals surface area contributed by atoms with Crippen molar-refractivity contribution < 1.29 is 15.0 Å². The summed E-state index contributed by atoms with van der Waals surface area (Å²) in [6, 6.07) is -0.674. The number of unbranched alkanes of at least 4 members (excludes halogenated alkanes) is 15. The van der Waals surface area contributed by atoms with Crippen molar-refractivity contribution in [2.75, 3.05) is 6.61 Å². The molecule has 0 aromatic heterocycles. The molecule has 0 bridgehead atoms. The maximum atomic E-state index is 12.4. The van der Waals surface area contributed by atoms with Crippen LogP contribution in [0.3, 0.4) is 0 Å². The second kappa shape index (κ2) is 52.6. The molecular formula is C59H95NO3. The molecule has 63 heavy (non-hydrogen) atoms. The fourth-order valence-corrected chi connectivity index (χ4v) is 6.69. The van der Waals surface area contributed by atoms with Crippen molar-refractivity contribution in [2.24, 2.45) is 0 Å². The smallest absolute Gasteiger partial charge is 0.220 e. The Balaban J connectivity index is 3.78. The Morgan fingerprint density at radius 1 is 0.397 bits per heavy atom. The molecule has 1 amide bonds. The van der Waals surface area contributed by atoms with Crippen molar-refractivity contribution in [2.45, 2.75) is 212 Å². The van der Waals surface area contributed by atoms with Gasteiger partial charge in [0.2, 0.25) is 5.91 Å². The molecule has 4 heteroatoms. The standard InChI is InChI=1S/C59H95NO3/c1-3-5-7-9-11-13-15-17-19-21-23-24-25-26-27-28-29-30-31-32-33-34-35-36-37-39-41-43-45-47-49-51-53-55-59(63)60-57(56-61)58(62)54-52-50-48-46-44-42-40-38-22-20-18-16-14-12-10-8-6-4-2/h5,7,11,13,17,19,23-24,26-27,29-30,32-33,35-36,39,41,44-47,52,54,57-58,61-62H,3-4,6,8-10,12,14-16,18,20-22,25,28,31,34,37-38,40,42-43,48-51,53,55-56H2,1-2H3,(H,60,63)/b7-5-,13-11-,19-17-,24-23-,27-26-,30-29-,33-32-,36-35-,41-39-,46-44+,47-45-,54-52+. The van der Waals surface area contributed by atoms with E-state index in [9.17, 15) is 15.0 Å². The highest BCUT2D eigenvalue weighted by Crippen LogP contribution is 2.13. The van der Waals surface area contributed by atoms with Gasteiger partial charge in [0.1, 0.15) is 0 Å². The van der Waals surface area contributed by atoms with Gasteiger partial charge in [0.05, 0.1) is 18.8 Å². The maximum absolute atomic E-state index is 12.4. The van der Waals surface area contributed by atoms with E-state index in [1.807, 2.05) is 6.08 Å². The number of carbonyl (C=O) groups is 1. The topological polar surface area (TPSA) is 69.6 Å². The van der Waals surface area contributed by atoms with Gasteiger partial charge in [-0.1, -0.05) is 230 Å². The van der Waals surface area contributed by atoms with Crippen LogP contribution in [0, 0.1) is 0 Å². The number of hydrogen-bond donors (Lipinski definition) is 3. The summed E-state index contributed by atoms with van der Waals surface area (Å²) in [6.45, 7) is 4.15. The third kappa shape index (κ3) is 49.1. The summed E-state index contributed by atoms with van der Waals surface area (Å²) in [6.07, 6.45) is 84.0. The highest BCUT2D eigenvalue weighted by molar-refractivity contribution is 5.76. The molecule has 0 aromatic carbocycles. The number of aliphatic hydroxyl groups excluding tert-OH is 2. The lowest BCUT2D eigenvalue weighted by molar-refractivity contribution is -0.123. The lowest BCUT2D eigenvalue weighted by Gasteiger charge is -2.19. The molecule has 0 saturated heterocycles. The van der Waals surface area contributed by atoms with E-state index in [1.54, 1.807) is 6.08 Å². The number of aliphatic hydroxyl groups is 2. The van der Waals surface area contributed by atoms with Gasteiger partial charge in [-0.3, -0.25) is 4.79 Å². The lowest BCUT2D eigenvalue weighted by atomic mass is 10.0. The first-order chi connectivity index (χ1) is 31.2. The monoisotopic (exact) mass is 866 g/mol. The zero-order valence-electron chi connectivity index (χ0n) is 40.5. The summed E-state index contributed by atoms with van der Waals surface area (Å²) in [7, 11) is 0. The van der Waals surface area contributed by atoms with Crippen molar-refractivity contribution in [3.63, 3.8) is 0 Å². The van der Waals surface area contributed by atoms with E-state index in [0.717, 1.165) is 103 Å². The summed E-state index contributed by atoms with van der Waals surface area (Å²) in [5, 5.41) is 23.0. The first kappa shape index (κ1) is 59.3. The molecule has 0 radical (unpaired) electrons. The molecule has 0 aromatic rings. The zero-order valence-corrected chi connectivity index (χ0v) is 40.5. The van der Waals surface area contributed by atoms with E-state index in [4.69, 9.17) is 0 Å². The van der Waals surface area contributed by atoms with Crippen molar-refractivity contribution in [3.05, 3.63) is 146 Å². The van der Waals surface area contributed by atoms with Crippen LogP contribution >= 0.6 is 0 Å². The van der Waals surface area contributed by atoms with Gasteiger partial charge in [-0.2, -0.15) is 0 Å². The van der Waals surface area contributed by atoms with Gasteiger partial charge in [0.25, 0.3) is 0 Å². The summed E-state index contributed by atoms with van der Waals surface area (Å²) in [5.41, 5.74) is 0. The maximum Gasteiger partial charge on any atom is 0.220 e. The van der Waals surface area contributed by atoms with Crippen molar-refractivity contribution in [1.29, 1.82) is 0 Å². The van der Waals surface area contributed by atoms with Gasteiger partial charge < -0.3 is 15.5 Å². The van der Waals surface area contributed by atoms with Gasteiger partial charge in [0.15, 0.2) is 0 Å². The van der Waals surface area contributed by atoms with E-state index in [-0.39, 0.29) is 12.5 Å². The van der Waals surface area contributed by atoms with Crippen LogP contribution in [0.1, 0.15) is 200 Å². The Morgan fingerprint density at radius 3 is 1.11 bits per heavy atom. The first-order valence-electron chi connectivity index (χ1n) is 25.5. The summed E-state index contributed by atoms with van der Waals surface area (Å²) in [5.74, 6) is -0.123. The predicted molar refractivity (Wildman–Crippen MR) is 280 cm³/mol. The average molecular weight is 866 g/mol. The minimum absolute atomic E-state index is 0.123. The lowest BCUT2D eigenvalue weighted by Crippen LogP contribution is -2.45. The van der Waals surface area contributed by atoms with Crippen LogP contribution in [0.5, 0.6) is 0 Å². The highest BCUT2D eigenvalue weighted by atomic mass is 16.3. The molecule has 0 aliphatic heterocycles. The number of amides is 1. The molecule has 0 aliphatic rings.